The highest BCUT2D eigenvalue weighted by Gasteiger charge is 2.30. The van der Waals surface area contributed by atoms with E-state index in [0.29, 0.717) is 0 Å². The zero-order valence-electron chi connectivity index (χ0n) is 9.70. The van der Waals surface area contributed by atoms with E-state index in [0.717, 1.165) is 24.9 Å². The molecule has 2 rings (SSSR count). The van der Waals surface area contributed by atoms with Crippen LogP contribution in [-0.4, -0.2) is 21.3 Å². The Bertz CT molecular complexity index is 406. The Kier molecular flexibility index (Phi) is 4.01. The Hall–Kier alpha value is -0.650. The lowest BCUT2D eigenvalue weighted by atomic mass is 10.0. The number of alkyl halides is 1. The van der Waals surface area contributed by atoms with Crippen LogP contribution in [0.4, 0.5) is 4.39 Å². The normalized spacial score (nSPS) is 22.6. The first-order chi connectivity index (χ1) is 8.09. The van der Waals surface area contributed by atoms with Gasteiger partial charge in [0.2, 0.25) is 5.91 Å². The van der Waals surface area contributed by atoms with Gasteiger partial charge in [-0.25, -0.2) is 4.39 Å². The smallest absolute Gasteiger partial charge is 0.236 e. The first-order valence-electron chi connectivity index (χ1n) is 5.79. The number of piperidine rings is 1. The van der Waals surface area contributed by atoms with Gasteiger partial charge in [0.25, 0.3) is 0 Å². The summed E-state index contributed by atoms with van der Waals surface area (Å²) in [5.41, 5.74) is 0.991. The van der Waals surface area contributed by atoms with Gasteiger partial charge >= 0.3 is 0 Å². The summed E-state index contributed by atoms with van der Waals surface area (Å²) in [4.78, 5) is 13.9. The molecule has 17 heavy (non-hydrogen) atoms. The zero-order chi connectivity index (χ0) is 12.4. The summed E-state index contributed by atoms with van der Waals surface area (Å²) < 4.78 is 12.9. The third-order valence-electron chi connectivity index (χ3n) is 3.23. The van der Waals surface area contributed by atoms with Crippen LogP contribution in [0.5, 0.6) is 0 Å². The fraction of sp³-hybridized carbons (Fsp3) is 0.462. The maximum absolute atomic E-state index is 12.8. The van der Waals surface area contributed by atoms with Crippen molar-refractivity contribution in [2.45, 2.75) is 29.7 Å². The van der Waals surface area contributed by atoms with E-state index < -0.39 is 0 Å². The molecule has 2 nitrogen and oxygen atoms in total. The summed E-state index contributed by atoms with van der Waals surface area (Å²) in [6.45, 7) is 2.80. The topological polar surface area (TPSA) is 20.3 Å². The molecule has 1 aliphatic heterocycles. The molecule has 0 aliphatic carbocycles. The van der Waals surface area contributed by atoms with Gasteiger partial charge in [-0.3, -0.25) is 4.79 Å². The predicted molar refractivity (Wildman–Crippen MR) is 73.6 cm³/mol. The molecule has 1 fully saturated rings. The van der Waals surface area contributed by atoms with Crippen LogP contribution in [-0.2, 0) is 4.79 Å². The molecule has 0 N–H and O–H groups in total. The van der Waals surface area contributed by atoms with Gasteiger partial charge in [0.05, 0.1) is 9.97 Å². The van der Waals surface area contributed by atoms with Crippen LogP contribution in [0.2, 0.25) is 0 Å². The average Bonchev–Trinajstić information content (AvgIpc) is 2.33. The van der Waals surface area contributed by atoms with Crippen LogP contribution in [0.25, 0.3) is 0 Å². The number of nitrogens with zero attached hydrogens (tertiary/aromatic N) is 1. The Balaban J connectivity index is 2.16. The van der Waals surface area contributed by atoms with Crippen molar-refractivity contribution in [2.75, 3.05) is 6.54 Å². The summed E-state index contributed by atoms with van der Waals surface area (Å²) >= 11 is 2.20. The fourth-order valence-electron chi connectivity index (χ4n) is 2.16. The van der Waals surface area contributed by atoms with Gasteiger partial charge < -0.3 is 4.90 Å². The van der Waals surface area contributed by atoms with Gasteiger partial charge in [-0.05, 0) is 37.5 Å². The van der Waals surface area contributed by atoms with Crippen molar-refractivity contribution in [3.63, 3.8) is 0 Å². The molecule has 0 bridgehead atoms. The van der Waals surface area contributed by atoms with Gasteiger partial charge in [-0.2, -0.15) is 0 Å². The number of benzene rings is 1. The van der Waals surface area contributed by atoms with E-state index in [1.165, 1.54) is 12.1 Å². The Morgan fingerprint density at radius 2 is 2.06 bits per heavy atom. The summed E-state index contributed by atoms with van der Waals surface area (Å²) in [7, 11) is 0. The van der Waals surface area contributed by atoms with Crippen LogP contribution in [0.15, 0.2) is 24.3 Å². The molecule has 0 aromatic heterocycles. The molecule has 1 saturated heterocycles. The molecule has 1 amide bonds. The molecule has 1 aromatic rings. The average molecular weight is 347 g/mol. The SMILES string of the molecule is C[C@@H](c1ccc(F)cc1)N1CCCC(I)C1=O. The largest absolute Gasteiger partial charge is 0.335 e. The lowest BCUT2D eigenvalue weighted by Gasteiger charge is -2.35. The second-order valence-corrected chi connectivity index (χ2v) is 5.87. The quantitative estimate of drug-likeness (QED) is 0.594. The summed E-state index contributed by atoms with van der Waals surface area (Å²) in [5, 5.41) is 0. The summed E-state index contributed by atoms with van der Waals surface area (Å²) in [6, 6.07) is 6.43. The molecule has 0 spiro atoms. The molecule has 2 atom stereocenters. The van der Waals surface area contributed by atoms with Gasteiger partial charge in [0.15, 0.2) is 0 Å². The first kappa shape index (κ1) is 12.8. The van der Waals surface area contributed by atoms with Crippen molar-refractivity contribution in [3.05, 3.63) is 35.6 Å². The Labute approximate surface area is 114 Å². The van der Waals surface area contributed by atoms with E-state index in [9.17, 15) is 9.18 Å². The first-order valence-corrected chi connectivity index (χ1v) is 7.04. The number of likely N-dealkylation sites (tertiary alicyclic amines) is 1. The van der Waals surface area contributed by atoms with Crippen LogP contribution < -0.4 is 0 Å². The lowest BCUT2D eigenvalue weighted by molar-refractivity contribution is -0.134. The summed E-state index contributed by atoms with van der Waals surface area (Å²) in [6.07, 6.45) is 2.01. The predicted octanol–water partition coefficient (Wildman–Crippen LogP) is 3.31. The second-order valence-electron chi connectivity index (χ2n) is 4.37. The minimum atomic E-state index is -0.238. The van der Waals surface area contributed by atoms with Crippen molar-refractivity contribution in [1.82, 2.24) is 4.90 Å². The van der Waals surface area contributed by atoms with Crippen molar-refractivity contribution < 1.29 is 9.18 Å². The van der Waals surface area contributed by atoms with E-state index in [-0.39, 0.29) is 21.7 Å². The number of hydrogen-bond donors (Lipinski definition) is 0. The molecular weight excluding hydrogens is 332 g/mol. The maximum atomic E-state index is 12.8. The molecule has 4 heteroatoms. The highest BCUT2D eigenvalue weighted by atomic mass is 127. The lowest BCUT2D eigenvalue weighted by Crippen LogP contribution is -2.43. The molecule has 1 unspecified atom stereocenters. The molecule has 0 saturated carbocycles. The third kappa shape index (κ3) is 2.78. The molecule has 92 valence electrons. The Morgan fingerprint density at radius 3 is 2.71 bits per heavy atom. The molecule has 0 radical (unpaired) electrons. The van der Waals surface area contributed by atoms with Gasteiger partial charge in [-0.15, -0.1) is 0 Å². The molecular formula is C13H15FINO. The van der Waals surface area contributed by atoms with Crippen molar-refractivity contribution in [1.29, 1.82) is 0 Å². The van der Waals surface area contributed by atoms with Gasteiger partial charge in [-0.1, -0.05) is 34.7 Å². The minimum Gasteiger partial charge on any atom is -0.335 e. The highest BCUT2D eigenvalue weighted by molar-refractivity contribution is 14.1. The fourth-order valence-corrected chi connectivity index (χ4v) is 2.96. The second kappa shape index (κ2) is 5.33. The third-order valence-corrected chi connectivity index (χ3v) is 4.38. The van der Waals surface area contributed by atoms with E-state index in [4.69, 9.17) is 0 Å². The number of carbonyl (C=O) groups excluding carboxylic acids is 1. The maximum Gasteiger partial charge on any atom is 0.236 e. The van der Waals surface area contributed by atoms with Crippen molar-refractivity contribution >= 4 is 28.5 Å². The van der Waals surface area contributed by atoms with E-state index >= 15 is 0 Å². The number of halogens is 2. The minimum absolute atomic E-state index is 0.0284. The van der Waals surface area contributed by atoms with Crippen LogP contribution in [0.1, 0.15) is 31.4 Å². The number of amides is 1. The molecule has 1 heterocycles. The number of rotatable bonds is 2. The summed E-state index contributed by atoms with van der Waals surface area (Å²) in [5.74, 6) is -0.0358. The zero-order valence-corrected chi connectivity index (χ0v) is 11.9. The van der Waals surface area contributed by atoms with Crippen LogP contribution >= 0.6 is 22.6 Å². The van der Waals surface area contributed by atoms with Gasteiger partial charge in [0, 0.05) is 6.54 Å². The van der Waals surface area contributed by atoms with Crippen LogP contribution in [0, 0.1) is 5.82 Å². The van der Waals surface area contributed by atoms with Crippen molar-refractivity contribution in [2.24, 2.45) is 0 Å². The molecule has 1 aliphatic rings. The monoisotopic (exact) mass is 347 g/mol. The van der Waals surface area contributed by atoms with E-state index in [1.807, 2.05) is 11.8 Å². The number of carbonyl (C=O) groups is 1. The number of hydrogen-bond acceptors (Lipinski definition) is 1. The van der Waals surface area contributed by atoms with Crippen molar-refractivity contribution in [3.8, 4) is 0 Å². The van der Waals surface area contributed by atoms with Gasteiger partial charge in [0.1, 0.15) is 5.82 Å². The highest BCUT2D eigenvalue weighted by Crippen LogP contribution is 2.27. The Morgan fingerprint density at radius 1 is 1.41 bits per heavy atom. The van der Waals surface area contributed by atoms with Crippen LogP contribution in [0.3, 0.4) is 0 Å². The standard InChI is InChI=1S/C13H15FINO/c1-9(10-4-6-11(14)7-5-10)16-8-2-3-12(15)13(16)17/h4-7,9,12H,2-3,8H2,1H3/t9-,12?/m0/s1. The molecule has 1 aromatic carbocycles. The van der Waals surface area contributed by atoms with E-state index in [2.05, 4.69) is 22.6 Å². The van der Waals surface area contributed by atoms with E-state index in [1.54, 1.807) is 12.1 Å².